The Morgan fingerprint density at radius 1 is 1.35 bits per heavy atom. The molecule has 0 unspecified atom stereocenters. The van der Waals surface area contributed by atoms with Gasteiger partial charge in [-0.15, -0.1) is 0 Å². The fraction of sp³-hybridized carbons (Fsp3) is 0.167. The molecule has 3 N–H and O–H groups in total. The van der Waals surface area contributed by atoms with Crippen LogP contribution >= 0.6 is 15.9 Å². The Kier molecular flexibility index (Phi) is 3.58. The Balaban J connectivity index is 2.29. The van der Waals surface area contributed by atoms with Crippen molar-refractivity contribution in [3.05, 3.63) is 40.5 Å². The van der Waals surface area contributed by atoms with Crippen LogP contribution in [0.5, 0.6) is 0 Å². The molecule has 2 aromatic rings. The maximum absolute atomic E-state index is 5.61. The molecule has 0 saturated carbocycles. The molecule has 0 bridgehead atoms. The van der Waals surface area contributed by atoms with Gasteiger partial charge in [0.15, 0.2) is 0 Å². The lowest BCUT2D eigenvalue weighted by Crippen LogP contribution is -2.01. The van der Waals surface area contributed by atoms with Crippen molar-refractivity contribution in [3.8, 4) is 0 Å². The summed E-state index contributed by atoms with van der Waals surface area (Å²) in [5, 5.41) is 3.17. The van der Waals surface area contributed by atoms with Crippen LogP contribution in [-0.4, -0.2) is 9.97 Å². The second-order valence-corrected chi connectivity index (χ2v) is 4.50. The van der Waals surface area contributed by atoms with Crippen molar-refractivity contribution in [2.45, 2.75) is 13.3 Å². The molecule has 1 heterocycles. The summed E-state index contributed by atoms with van der Waals surface area (Å²) in [6.45, 7) is 2.10. The number of benzene rings is 1. The van der Waals surface area contributed by atoms with Gasteiger partial charge in [-0.3, -0.25) is 0 Å². The molecule has 1 aromatic carbocycles. The Morgan fingerprint density at radius 3 is 2.88 bits per heavy atom. The van der Waals surface area contributed by atoms with Crippen molar-refractivity contribution >= 4 is 33.4 Å². The predicted molar refractivity (Wildman–Crippen MR) is 73.2 cm³/mol. The van der Waals surface area contributed by atoms with Crippen molar-refractivity contribution < 1.29 is 0 Å². The topological polar surface area (TPSA) is 63.8 Å². The summed E-state index contributed by atoms with van der Waals surface area (Å²) in [4.78, 5) is 8.23. The average Bonchev–Trinajstić information content (AvgIpc) is 2.31. The van der Waals surface area contributed by atoms with Gasteiger partial charge in [-0.25, -0.2) is 4.98 Å². The molecule has 5 heteroatoms. The lowest BCUT2D eigenvalue weighted by molar-refractivity contribution is 1.12. The van der Waals surface area contributed by atoms with Crippen molar-refractivity contribution in [3.63, 3.8) is 0 Å². The van der Waals surface area contributed by atoms with Gasteiger partial charge in [-0.1, -0.05) is 22.9 Å². The Labute approximate surface area is 108 Å². The molecule has 0 saturated heterocycles. The third-order valence-corrected chi connectivity index (χ3v) is 2.87. The highest BCUT2D eigenvalue weighted by Gasteiger charge is 2.03. The first-order chi connectivity index (χ1) is 8.19. The van der Waals surface area contributed by atoms with Crippen LogP contribution in [0.25, 0.3) is 0 Å². The first-order valence-corrected chi connectivity index (χ1v) is 6.12. The van der Waals surface area contributed by atoms with E-state index in [1.54, 1.807) is 12.3 Å². The van der Waals surface area contributed by atoms with Crippen molar-refractivity contribution in [1.29, 1.82) is 0 Å². The zero-order valence-electron chi connectivity index (χ0n) is 9.44. The molecule has 0 radical (unpaired) electrons. The summed E-state index contributed by atoms with van der Waals surface area (Å²) < 4.78 is 1.06. The minimum Gasteiger partial charge on any atom is -0.384 e. The van der Waals surface area contributed by atoms with E-state index in [0.717, 1.165) is 16.6 Å². The maximum atomic E-state index is 5.61. The second-order valence-electron chi connectivity index (χ2n) is 3.59. The fourth-order valence-corrected chi connectivity index (χ4v) is 1.94. The molecule has 88 valence electrons. The summed E-state index contributed by atoms with van der Waals surface area (Å²) in [7, 11) is 0. The molecule has 4 nitrogen and oxygen atoms in total. The Hall–Kier alpha value is -1.62. The molecule has 0 atom stereocenters. The third kappa shape index (κ3) is 2.94. The number of nitrogens with two attached hydrogens (primary N) is 1. The number of aromatic nitrogens is 2. The molecule has 1 aromatic heterocycles. The summed E-state index contributed by atoms with van der Waals surface area (Å²) >= 11 is 3.46. The van der Waals surface area contributed by atoms with E-state index >= 15 is 0 Å². The van der Waals surface area contributed by atoms with Crippen molar-refractivity contribution in [2.24, 2.45) is 0 Å². The average molecular weight is 293 g/mol. The number of nitrogens with zero attached hydrogens (tertiary/aromatic N) is 2. The number of hydrogen-bond donors (Lipinski definition) is 2. The van der Waals surface area contributed by atoms with Gasteiger partial charge in [0.1, 0.15) is 5.82 Å². The second kappa shape index (κ2) is 5.14. The first-order valence-electron chi connectivity index (χ1n) is 5.33. The zero-order valence-corrected chi connectivity index (χ0v) is 11.0. The highest BCUT2D eigenvalue weighted by Crippen LogP contribution is 2.23. The van der Waals surface area contributed by atoms with Crippen LogP contribution in [0.3, 0.4) is 0 Å². The molecular weight excluding hydrogens is 280 g/mol. The van der Waals surface area contributed by atoms with Crippen LogP contribution in [0.2, 0.25) is 0 Å². The number of anilines is 3. The number of halogens is 1. The number of aryl methyl sites for hydroxylation is 1. The molecule has 0 fully saturated rings. The number of rotatable bonds is 3. The Bertz CT molecular complexity index is 528. The standard InChI is InChI=1S/C12H13BrN4/c1-2-8-7-9(13)3-4-10(8)16-12-15-6-5-11(14)17-12/h3-7H,2H2,1H3,(H3,14,15,16,17). The molecule has 0 aliphatic heterocycles. The number of nitrogen functional groups attached to an aromatic ring is 1. The lowest BCUT2D eigenvalue weighted by Gasteiger charge is -2.10. The molecule has 0 amide bonds. The van der Waals surface area contributed by atoms with Crippen molar-refractivity contribution in [2.75, 3.05) is 11.1 Å². The lowest BCUT2D eigenvalue weighted by atomic mass is 10.1. The summed E-state index contributed by atoms with van der Waals surface area (Å²) in [5.74, 6) is 0.972. The summed E-state index contributed by atoms with van der Waals surface area (Å²) in [6.07, 6.45) is 2.57. The number of hydrogen-bond acceptors (Lipinski definition) is 4. The fourth-order valence-electron chi connectivity index (χ4n) is 1.53. The molecule has 2 rings (SSSR count). The van der Waals surface area contributed by atoms with Gasteiger partial charge in [-0.2, -0.15) is 4.98 Å². The Morgan fingerprint density at radius 2 is 2.18 bits per heavy atom. The van der Waals surface area contributed by atoms with Gasteiger partial charge in [0.2, 0.25) is 5.95 Å². The van der Waals surface area contributed by atoms with Crippen LogP contribution in [0, 0.1) is 0 Å². The SMILES string of the molecule is CCc1cc(Br)ccc1Nc1nccc(N)n1. The van der Waals surface area contributed by atoms with Gasteiger partial charge in [0, 0.05) is 16.4 Å². The molecule has 0 aliphatic carbocycles. The maximum Gasteiger partial charge on any atom is 0.229 e. The van der Waals surface area contributed by atoms with Crippen LogP contribution in [0.15, 0.2) is 34.9 Å². The van der Waals surface area contributed by atoms with Crippen LogP contribution in [0.4, 0.5) is 17.5 Å². The summed E-state index contributed by atoms with van der Waals surface area (Å²) in [5.41, 5.74) is 7.81. The molecular formula is C12H13BrN4. The van der Waals surface area contributed by atoms with Crippen LogP contribution < -0.4 is 11.1 Å². The minimum absolute atomic E-state index is 0.456. The van der Waals surface area contributed by atoms with E-state index in [4.69, 9.17) is 5.73 Å². The van der Waals surface area contributed by atoms with E-state index in [1.165, 1.54) is 5.56 Å². The van der Waals surface area contributed by atoms with Gasteiger partial charge in [-0.05, 0) is 36.2 Å². The first kappa shape index (κ1) is 11.9. The van der Waals surface area contributed by atoms with Crippen molar-refractivity contribution in [1.82, 2.24) is 9.97 Å². The quantitative estimate of drug-likeness (QED) is 0.912. The van der Waals surface area contributed by atoms with E-state index in [1.807, 2.05) is 12.1 Å². The number of nitrogens with one attached hydrogen (secondary N) is 1. The van der Waals surface area contributed by atoms with Crippen LogP contribution in [0.1, 0.15) is 12.5 Å². The monoisotopic (exact) mass is 292 g/mol. The minimum atomic E-state index is 0.456. The van der Waals surface area contributed by atoms with Gasteiger partial charge in [0.25, 0.3) is 0 Å². The van der Waals surface area contributed by atoms with Crippen LogP contribution in [-0.2, 0) is 6.42 Å². The van der Waals surface area contributed by atoms with E-state index in [2.05, 4.69) is 44.2 Å². The highest BCUT2D eigenvalue weighted by atomic mass is 79.9. The molecule has 17 heavy (non-hydrogen) atoms. The van der Waals surface area contributed by atoms with Gasteiger partial charge in [0.05, 0.1) is 0 Å². The molecule has 0 spiro atoms. The molecule has 0 aliphatic rings. The van der Waals surface area contributed by atoms with Gasteiger partial charge >= 0.3 is 0 Å². The van der Waals surface area contributed by atoms with E-state index in [9.17, 15) is 0 Å². The van der Waals surface area contributed by atoms with Gasteiger partial charge < -0.3 is 11.1 Å². The normalized spacial score (nSPS) is 10.2. The van der Waals surface area contributed by atoms with E-state index in [0.29, 0.717) is 11.8 Å². The predicted octanol–water partition coefficient (Wildman–Crippen LogP) is 3.13. The largest absolute Gasteiger partial charge is 0.384 e. The smallest absolute Gasteiger partial charge is 0.229 e. The van der Waals surface area contributed by atoms with E-state index in [-0.39, 0.29) is 0 Å². The highest BCUT2D eigenvalue weighted by molar-refractivity contribution is 9.10. The third-order valence-electron chi connectivity index (χ3n) is 2.37. The summed E-state index contributed by atoms with van der Waals surface area (Å²) in [6, 6.07) is 7.71. The van der Waals surface area contributed by atoms with E-state index < -0.39 is 0 Å². The zero-order chi connectivity index (χ0) is 12.3.